The molecule has 70 valence electrons. The van der Waals surface area contributed by atoms with Crippen molar-refractivity contribution in [2.24, 2.45) is 0 Å². The number of hydrogen-bond donors (Lipinski definition) is 1. The summed E-state index contributed by atoms with van der Waals surface area (Å²) in [6.07, 6.45) is 1.40. The van der Waals surface area contributed by atoms with Gasteiger partial charge in [-0.1, -0.05) is 11.6 Å². The standard InChI is InChI=1S/C6H5BrClN3O2/c1-9-4-3(7)2-10-6(8)5(4)11(12)13/h2H,1H3,(H,9,10). The van der Waals surface area contributed by atoms with Gasteiger partial charge in [-0.15, -0.1) is 0 Å². The van der Waals surface area contributed by atoms with Gasteiger partial charge in [0.05, 0.1) is 9.40 Å². The minimum absolute atomic E-state index is 0.127. The van der Waals surface area contributed by atoms with Gasteiger partial charge in [0, 0.05) is 13.2 Å². The van der Waals surface area contributed by atoms with Crippen molar-refractivity contribution in [3.8, 4) is 0 Å². The summed E-state index contributed by atoms with van der Waals surface area (Å²) in [6, 6.07) is 0. The number of pyridine rings is 1. The highest BCUT2D eigenvalue weighted by Crippen LogP contribution is 2.35. The molecule has 0 aliphatic carbocycles. The van der Waals surface area contributed by atoms with Gasteiger partial charge in [0.15, 0.2) is 0 Å². The molecule has 0 amide bonds. The van der Waals surface area contributed by atoms with Gasteiger partial charge in [-0.25, -0.2) is 4.98 Å². The van der Waals surface area contributed by atoms with E-state index in [1.165, 1.54) is 6.20 Å². The van der Waals surface area contributed by atoms with Gasteiger partial charge in [0.25, 0.3) is 0 Å². The zero-order valence-corrected chi connectivity index (χ0v) is 8.89. The number of rotatable bonds is 2. The molecule has 0 spiro atoms. The molecule has 1 aromatic heterocycles. The molecule has 0 unspecified atom stereocenters. The van der Waals surface area contributed by atoms with Crippen LogP contribution in [0.1, 0.15) is 0 Å². The average molecular weight is 266 g/mol. The maximum Gasteiger partial charge on any atom is 0.330 e. The zero-order valence-electron chi connectivity index (χ0n) is 6.54. The smallest absolute Gasteiger partial charge is 0.330 e. The van der Waals surface area contributed by atoms with E-state index in [0.717, 1.165) is 0 Å². The number of nitrogens with one attached hydrogen (secondary N) is 1. The minimum atomic E-state index is -0.577. The fourth-order valence-electron chi connectivity index (χ4n) is 0.860. The van der Waals surface area contributed by atoms with E-state index >= 15 is 0 Å². The molecule has 0 atom stereocenters. The van der Waals surface area contributed by atoms with E-state index in [1.54, 1.807) is 7.05 Å². The Balaban J connectivity index is 3.43. The summed E-state index contributed by atoms with van der Waals surface area (Å²) in [4.78, 5) is 13.6. The quantitative estimate of drug-likeness (QED) is 0.507. The molecule has 0 radical (unpaired) electrons. The Morgan fingerprint density at radius 3 is 2.77 bits per heavy atom. The van der Waals surface area contributed by atoms with E-state index in [9.17, 15) is 10.1 Å². The molecule has 13 heavy (non-hydrogen) atoms. The topological polar surface area (TPSA) is 68.1 Å². The van der Waals surface area contributed by atoms with Crippen molar-refractivity contribution >= 4 is 38.9 Å². The first kappa shape index (κ1) is 10.2. The van der Waals surface area contributed by atoms with Crippen LogP contribution in [0.25, 0.3) is 0 Å². The van der Waals surface area contributed by atoms with Crippen molar-refractivity contribution in [1.82, 2.24) is 4.98 Å². The molecule has 0 bridgehead atoms. The Bertz CT molecular complexity index is 358. The van der Waals surface area contributed by atoms with Gasteiger partial charge >= 0.3 is 5.69 Å². The van der Waals surface area contributed by atoms with Gasteiger partial charge in [-0.05, 0) is 15.9 Å². The van der Waals surface area contributed by atoms with Gasteiger partial charge in [-0.3, -0.25) is 10.1 Å². The fourth-order valence-corrected chi connectivity index (χ4v) is 1.56. The van der Waals surface area contributed by atoms with Crippen molar-refractivity contribution in [2.45, 2.75) is 0 Å². The maximum atomic E-state index is 10.6. The van der Waals surface area contributed by atoms with Crippen LogP contribution in [0.15, 0.2) is 10.7 Å². The second-order valence-electron chi connectivity index (χ2n) is 2.13. The highest BCUT2D eigenvalue weighted by atomic mass is 79.9. The normalized spacial score (nSPS) is 9.77. The first-order valence-corrected chi connectivity index (χ1v) is 4.41. The second kappa shape index (κ2) is 3.89. The molecule has 0 saturated heterocycles. The van der Waals surface area contributed by atoms with Gasteiger partial charge in [-0.2, -0.15) is 0 Å². The van der Waals surface area contributed by atoms with Gasteiger partial charge in [0.2, 0.25) is 5.15 Å². The molecular formula is C6H5BrClN3O2. The van der Waals surface area contributed by atoms with Crippen LogP contribution in [-0.4, -0.2) is 17.0 Å². The predicted octanol–water partition coefficient (Wildman–Crippen LogP) is 2.45. The molecule has 1 N–H and O–H groups in total. The maximum absolute atomic E-state index is 10.6. The number of nitrogens with zero attached hydrogens (tertiary/aromatic N) is 2. The molecule has 0 aliphatic heterocycles. The van der Waals surface area contributed by atoms with Crippen molar-refractivity contribution < 1.29 is 4.92 Å². The number of nitro groups is 1. The first-order chi connectivity index (χ1) is 6.07. The molecule has 0 saturated carbocycles. The predicted molar refractivity (Wildman–Crippen MR) is 53.1 cm³/mol. The fraction of sp³-hybridized carbons (Fsp3) is 0.167. The monoisotopic (exact) mass is 265 g/mol. The lowest BCUT2D eigenvalue weighted by atomic mass is 10.3. The summed E-state index contributed by atoms with van der Waals surface area (Å²) < 4.78 is 0.506. The number of aromatic nitrogens is 1. The Morgan fingerprint density at radius 1 is 1.77 bits per heavy atom. The number of anilines is 1. The van der Waals surface area contributed by atoms with Crippen LogP contribution in [0, 0.1) is 10.1 Å². The van der Waals surface area contributed by atoms with E-state index in [0.29, 0.717) is 10.2 Å². The van der Waals surface area contributed by atoms with E-state index in [-0.39, 0.29) is 10.8 Å². The zero-order chi connectivity index (χ0) is 10.0. The Labute approximate surface area is 87.4 Å². The summed E-state index contributed by atoms with van der Waals surface area (Å²) in [5, 5.41) is 13.1. The van der Waals surface area contributed by atoms with Gasteiger partial charge < -0.3 is 5.32 Å². The van der Waals surface area contributed by atoms with Crippen molar-refractivity contribution in [1.29, 1.82) is 0 Å². The van der Waals surface area contributed by atoms with E-state index in [2.05, 4.69) is 26.2 Å². The lowest BCUT2D eigenvalue weighted by Gasteiger charge is -2.04. The van der Waals surface area contributed by atoms with Gasteiger partial charge in [0.1, 0.15) is 5.69 Å². The molecular weight excluding hydrogens is 261 g/mol. The number of halogens is 2. The van der Waals surface area contributed by atoms with Crippen LogP contribution in [0.4, 0.5) is 11.4 Å². The summed E-state index contributed by atoms with van der Waals surface area (Å²) in [7, 11) is 1.57. The van der Waals surface area contributed by atoms with Crippen LogP contribution in [0.5, 0.6) is 0 Å². The van der Waals surface area contributed by atoms with Crippen LogP contribution in [0.3, 0.4) is 0 Å². The van der Waals surface area contributed by atoms with E-state index < -0.39 is 4.92 Å². The third-order valence-electron chi connectivity index (χ3n) is 1.39. The summed E-state index contributed by atoms with van der Waals surface area (Å²) in [5.41, 5.74) is 0.101. The third-order valence-corrected chi connectivity index (χ3v) is 2.27. The summed E-state index contributed by atoms with van der Waals surface area (Å²) >= 11 is 8.68. The molecule has 1 rings (SSSR count). The molecule has 0 fully saturated rings. The van der Waals surface area contributed by atoms with Crippen molar-refractivity contribution in [2.75, 3.05) is 12.4 Å². The third kappa shape index (κ3) is 1.89. The SMILES string of the molecule is CNc1c(Br)cnc(Cl)c1[N+](=O)[O-]. The second-order valence-corrected chi connectivity index (χ2v) is 3.34. The van der Waals surface area contributed by atoms with Crippen LogP contribution >= 0.6 is 27.5 Å². The molecule has 7 heteroatoms. The van der Waals surface area contributed by atoms with Crippen LogP contribution < -0.4 is 5.32 Å². The van der Waals surface area contributed by atoms with Crippen LogP contribution in [0.2, 0.25) is 5.15 Å². The largest absolute Gasteiger partial charge is 0.381 e. The van der Waals surface area contributed by atoms with Crippen molar-refractivity contribution in [3.05, 3.63) is 25.9 Å². The first-order valence-electron chi connectivity index (χ1n) is 3.24. The average Bonchev–Trinajstić information content (AvgIpc) is 2.07. The lowest BCUT2D eigenvalue weighted by Crippen LogP contribution is -1.99. The lowest BCUT2D eigenvalue weighted by molar-refractivity contribution is -0.384. The minimum Gasteiger partial charge on any atom is -0.381 e. The Hall–Kier alpha value is -0.880. The molecule has 0 aliphatic rings. The molecule has 1 aromatic rings. The molecule has 1 heterocycles. The molecule has 0 aromatic carbocycles. The van der Waals surface area contributed by atoms with Crippen LogP contribution in [-0.2, 0) is 0 Å². The Morgan fingerprint density at radius 2 is 2.38 bits per heavy atom. The summed E-state index contributed by atoms with van der Waals surface area (Å²) in [5.74, 6) is 0. The van der Waals surface area contributed by atoms with E-state index in [4.69, 9.17) is 11.6 Å². The number of hydrogen-bond acceptors (Lipinski definition) is 4. The highest BCUT2D eigenvalue weighted by Gasteiger charge is 2.21. The summed E-state index contributed by atoms with van der Waals surface area (Å²) in [6.45, 7) is 0. The molecule has 5 nitrogen and oxygen atoms in total. The van der Waals surface area contributed by atoms with E-state index in [1.807, 2.05) is 0 Å². The van der Waals surface area contributed by atoms with Crippen molar-refractivity contribution in [3.63, 3.8) is 0 Å². The highest BCUT2D eigenvalue weighted by molar-refractivity contribution is 9.10. The Kier molecular flexibility index (Phi) is 3.05.